The lowest BCUT2D eigenvalue weighted by Crippen LogP contribution is -2.73. The van der Waals surface area contributed by atoms with Gasteiger partial charge < -0.3 is 9.84 Å². The van der Waals surface area contributed by atoms with Crippen molar-refractivity contribution in [2.75, 3.05) is 13.2 Å². The number of aliphatic hydroxyl groups excluding tert-OH is 1. The molecule has 2 heteroatoms. The van der Waals surface area contributed by atoms with Gasteiger partial charge in [0, 0.05) is 18.6 Å². The molecule has 1 saturated carbocycles. The van der Waals surface area contributed by atoms with Gasteiger partial charge in [0.25, 0.3) is 0 Å². The van der Waals surface area contributed by atoms with Crippen molar-refractivity contribution < 1.29 is 9.84 Å². The van der Waals surface area contributed by atoms with Crippen LogP contribution in [-0.2, 0) is 4.74 Å². The van der Waals surface area contributed by atoms with Crippen LogP contribution in [0.5, 0.6) is 0 Å². The predicted octanol–water partition coefficient (Wildman–Crippen LogP) is 2.60. The summed E-state index contributed by atoms with van der Waals surface area (Å²) in [6.07, 6.45) is 2.96. The molecule has 0 aromatic carbocycles. The van der Waals surface area contributed by atoms with Crippen LogP contribution in [0.2, 0.25) is 0 Å². The van der Waals surface area contributed by atoms with E-state index in [0.29, 0.717) is 0 Å². The average molecular weight is 212 g/mol. The molecule has 1 heterocycles. The van der Waals surface area contributed by atoms with Crippen LogP contribution in [0.25, 0.3) is 0 Å². The second kappa shape index (κ2) is 3.21. The maximum absolute atomic E-state index is 10.5. The van der Waals surface area contributed by atoms with Gasteiger partial charge in [0.05, 0.1) is 6.10 Å². The Kier molecular flexibility index (Phi) is 2.44. The summed E-state index contributed by atoms with van der Waals surface area (Å²) in [7, 11) is 0. The van der Waals surface area contributed by atoms with E-state index in [4.69, 9.17) is 4.74 Å². The number of aliphatic hydroxyl groups is 1. The second-order valence-corrected chi connectivity index (χ2v) is 6.07. The molecule has 2 unspecified atom stereocenters. The summed E-state index contributed by atoms with van der Waals surface area (Å²) in [5.74, 6) is 0. The lowest BCUT2D eigenvalue weighted by Gasteiger charge is -2.73. The molecule has 88 valence electrons. The molecule has 2 nitrogen and oxygen atoms in total. The quantitative estimate of drug-likeness (QED) is 0.724. The van der Waals surface area contributed by atoms with Gasteiger partial charge >= 0.3 is 0 Å². The Labute approximate surface area is 93.0 Å². The van der Waals surface area contributed by atoms with Gasteiger partial charge in [0.1, 0.15) is 0 Å². The lowest BCUT2D eigenvalue weighted by molar-refractivity contribution is -0.311. The fraction of sp³-hybridized carbons (Fsp3) is 1.00. The third-order valence-corrected chi connectivity index (χ3v) is 5.92. The summed E-state index contributed by atoms with van der Waals surface area (Å²) in [6.45, 7) is 10.7. The van der Waals surface area contributed by atoms with Crippen LogP contribution in [0.1, 0.15) is 47.0 Å². The molecule has 2 aliphatic rings. The molecule has 0 aromatic heterocycles. The summed E-state index contributed by atoms with van der Waals surface area (Å²) in [5.41, 5.74) is 0.443. The zero-order valence-corrected chi connectivity index (χ0v) is 10.5. The number of hydrogen-bond acceptors (Lipinski definition) is 2. The number of rotatable bonds is 1. The van der Waals surface area contributed by atoms with E-state index in [2.05, 4.69) is 27.7 Å². The molecule has 1 saturated heterocycles. The van der Waals surface area contributed by atoms with Gasteiger partial charge in [0.2, 0.25) is 0 Å². The van der Waals surface area contributed by atoms with E-state index in [9.17, 15) is 5.11 Å². The van der Waals surface area contributed by atoms with Crippen molar-refractivity contribution in [1.82, 2.24) is 0 Å². The van der Waals surface area contributed by atoms with Crippen molar-refractivity contribution in [1.29, 1.82) is 0 Å². The van der Waals surface area contributed by atoms with Gasteiger partial charge in [0.15, 0.2) is 0 Å². The predicted molar refractivity (Wildman–Crippen MR) is 60.7 cm³/mol. The first-order valence-corrected chi connectivity index (χ1v) is 6.18. The normalized spacial score (nSPS) is 42.6. The van der Waals surface area contributed by atoms with Crippen LogP contribution in [0, 0.1) is 16.2 Å². The Morgan fingerprint density at radius 3 is 2.13 bits per heavy atom. The maximum atomic E-state index is 10.5. The number of ether oxygens (including phenoxy) is 1. The van der Waals surface area contributed by atoms with Crippen molar-refractivity contribution in [3.8, 4) is 0 Å². The molecule has 2 rings (SSSR count). The van der Waals surface area contributed by atoms with Crippen molar-refractivity contribution in [2.45, 2.75) is 53.1 Å². The molecule has 15 heavy (non-hydrogen) atoms. The second-order valence-electron chi connectivity index (χ2n) is 6.07. The van der Waals surface area contributed by atoms with Crippen LogP contribution in [-0.4, -0.2) is 24.4 Å². The number of hydrogen-bond donors (Lipinski definition) is 1. The highest BCUT2D eigenvalue weighted by molar-refractivity contribution is 5.20. The Balaban J connectivity index is 2.29. The molecule has 0 radical (unpaired) electrons. The Morgan fingerprint density at radius 2 is 1.73 bits per heavy atom. The smallest absolute Gasteiger partial charge is 0.0662 e. The van der Waals surface area contributed by atoms with E-state index in [0.717, 1.165) is 32.5 Å². The van der Waals surface area contributed by atoms with Crippen LogP contribution < -0.4 is 0 Å². The topological polar surface area (TPSA) is 29.5 Å². The standard InChI is InChI=1S/C13H24O2/c1-5-12(4)10(14)13(11(12,2)3)6-8-15-9-7-13/h10,14H,5-9H2,1-4H3. The highest BCUT2D eigenvalue weighted by Gasteiger charge is 2.71. The minimum atomic E-state index is -0.145. The summed E-state index contributed by atoms with van der Waals surface area (Å²) < 4.78 is 5.43. The molecule has 1 spiro atoms. The molecule has 1 aliphatic carbocycles. The largest absolute Gasteiger partial charge is 0.392 e. The zero-order chi connectivity index (χ0) is 11.3. The van der Waals surface area contributed by atoms with E-state index in [1.54, 1.807) is 0 Å². The van der Waals surface area contributed by atoms with Gasteiger partial charge in [-0.05, 0) is 30.1 Å². The minimum absolute atomic E-state index is 0.0876. The van der Waals surface area contributed by atoms with E-state index in [1.807, 2.05) is 0 Å². The highest BCUT2D eigenvalue weighted by atomic mass is 16.5. The average Bonchev–Trinajstić information content (AvgIpc) is 2.27. The van der Waals surface area contributed by atoms with Crippen molar-refractivity contribution in [3.63, 3.8) is 0 Å². The summed E-state index contributed by atoms with van der Waals surface area (Å²) in [6, 6.07) is 0. The third kappa shape index (κ3) is 1.07. The van der Waals surface area contributed by atoms with E-state index >= 15 is 0 Å². The molecule has 0 bridgehead atoms. The zero-order valence-electron chi connectivity index (χ0n) is 10.5. The van der Waals surface area contributed by atoms with Crippen LogP contribution >= 0.6 is 0 Å². The first-order valence-electron chi connectivity index (χ1n) is 6.18. The summed E-state index contributed by atoms with van der Waals surface area (Å²) >= 11 is 0. The SMILES string of the molecule is CCC1(C)C(O)C2(CCOCC2)C1(C)C. The molecule has 0 aromatic rings. The molecule has 1 aliphatic heterocycles. The van der Waals surface area contributed by atoms with Gasteiger partial charge in [-0.15, -0.1) is 0 Å². The fourth-order valence-corrected chi connectivity index (χ4v) is 4.05. The van der Waals surface area contributed by atoms with E-state index in [1.165, 1.54) is 0 Å². The fourth-order valence-electron chi connectivity index (χ4n) is 4.05. The van der Waals surface area contributed by atoms with E-state index < -0.39 is 0 Å². The van der Waals surface area contributed by atoms with Crippen molar-refractivity contribution in [3.05, 3.63) is 0 Å². The highest BCUT2D eigenvalue weighted by Crippen LogP contribution is 2.72. The first-order chi connectivity index (χ1) is 6.92. The molecular formula is C13H24O2. The maximum Gasteiger partial charge on any atom is 0.0662 e. The minimum Gasteiger partial charge on any atom is -0.392 e. The molecule has 0 amide bonds. The Morgan fingerprint density at radius 1 is 1.20 bits per heavy atom. The molecule has 2 atom stereocenters. The molecular weight excluding hydrogens is 188 g/mol. The monoisotopic (exact) mass is 212 g/mol. The molecule has 1 N–H and O–H groups in total. The van der Waals surface area contributed by atoms with Gasteiger partial charge in [-0.3, -0.25) is 0 Å². The third-order valence-electron chi connectivity index (χ3n) is 5.92. The molecule has 2 fully saturated rings. The van der Waals surface area contributed by atoms with Gasteiger partial charge in [-0.25, -0.2) is 0 Å². The van der Waals surface area contributed by atoms with Crippen molar-refractivity contribution in [2.24, 2.45) is 16.2 Å². The van der Waals surface area contributed by atoms with Crippen LogP contribution in [0.4, 0.5) is 0 Å². The first kappa shape index (κ1) is 11.4. The van der Waals surface area contributed by atoms with Gasteiger partial charge in [-0.2, -0.15) is 0 Å². The summed E-state index contributed by atoms with van der Waals surface area (Å²) in [5, 5.41) is 10.5. The Hall–Kier alpha value is -0.0800. The van der Waals surface area contributed by atoms with Gasteiger partial charge in [-0.1, -0.05) is 27.7 Å². The summed E-state index contributed by atoms with van der Waals surface area (Å²) in [4.78, 5) is 0. The van der Waals surface area contributed by atoms with E-state index in [-0.39, 0.29) is 22.3 Å². The Bertz CT molecular complexity index is 253. The lowest BCUT2D eigenvalue weighted by atomic mass is 9.34. The van der Waals surface area contributed by atoms with Crippen LogP contribution in [0.15, 0.2) is 0 Å². The van der Waals surface area contributed by atoms with Crippen LogP contribution in [0.3, 0.4) is 0 Å². The van der Waals surface area contributed by atoms with Crippen molar-refractivity contribution >= 4 is 0 Å².